The topological polar surface area (TPSA) is 99.0 Å². The molecule has 0 saturated heterocycles. The molecule has 0 atom stereocenters. The second kappa shape index (κ2) is 6.41. The standard InChI is InChI=1S/C17H17N5O3S/c1-25-17-10-15(7-8-16(17)22-11-18-20-21-22)26(23,24)19-14-6-5-12-3-2-4-13(12)9-14/h5-11,19H,2-4H2,1H3. The van der Waals surface area contributed by atoms with Gasteiger partial charge in [0.05, 0.1) is 12.0 Å². The van der Waals surface area contributed by atoms with Gasteiger partial charge < -0.3 is 4.74 Å². The normalized spacial score (nSPS) is 13.4. The molecule has 0 saturated carbocycles. The number of hydrogen-bond donors (Lipinski definition) is 1. The number of nitrogens with zero attached hydrogens (tertiary/aromatic N) is 4. The molecule has 0 amide bonds. The smallest absolute Gasteiger partial charge is 0.262 e. The summed E-state index contributed by atoms with van der Waals surface area (Å²) in [6, 6.07) is 10.2. The van der Waals surface area contributed by atoms with Crippen LogP contribution >= 0.6 is 0 Å². The number of rotatable bonds is 5. The molecule has 1 aliphatic rings. The van der Waals surface area contributed by atoms with Crippen LogP contribution in [0.4, 0.5) is 5.69 Å². The van der Waals surface area contributed by atoms with Crippen LogP contribution in [0, 0.1) is 0 Å². The van der Waals surface area contributed by atoms with E-state index in [1.165, 1.54) is 41.4 Å². The average Bonchev–Trinajstić information content (AvgIpc) is 3.32. The molecule has 1 aromatic heterocycles. The van der Waals surface area contributed by atoms with E-state index in [0.717, 1.165) is 19.3 Å². The maximum absolute atomic E-state index is 12.8. The van der Waals surface area contributed by atoms with Crippen molar-refractivity contribution in [1.82, 2.24) is 20.2 Å². The van der Waals surface area contributed by atoms with Gasteiger partial charge in [-0.1, -0.05) is 6.07 Å². The van der Waals surface area contributed by atoms with Gasteiger partial charge in [-0.3, -0.25) is 4.72 Å². The SMILES string of the molecule is COc1cc(S(=O)(=O)Nc2ccc3c(c2)CCC3)ccc1-n1cnnn1. The predicted molar refractivity (Wildman–Crippen MR) is 95.0 cm³/mol. The first kappa shape index (κ1) is 16.5. The van der Waals surface area contributed by atoms with E-state index in [9.17, 15) is 8.42 Å². The van der Waals surface area contributed by atoms with Gasteiger partial charge in [-0.05, 0) is 65.1 Å². The van der Waals surface area contributed by atoms with E-state index in [1.807, 2.05) is 12.1 Å². The number of hydrogen-bond acceptors (Lipinski definition) is 6. The molecule has 1 heterocycles. The molecule has 3 aromatic rings. The maximum Gasteiger partial charge on any atom is 0.262 e. The van der Waals surface area contributed by atoms with Gasteiger partial charge in [0.2, 0.25) is 0 Å². The van der Waals surface area contributed by atoms with Gasteiger partial charge in [0.15, 0.2) is 0 Å². The molecule has 0 spiro atoms. The first-order chi connectivity index (χ1) is 12.6. The summed E-state index contributed by atoms with van der Waals surface area (Å²) in [5, 5.41) is 10.9. The maximum atomic E-state index is 12.8. The third-order valence-corrected chi connectivity index (χ3v) is 5.79. The van der Waals surface area contributed by atoms with E-state index in [2.05, 4.69) is 20.2 Å². The fourth-order valence-electron chi connectivity index (χ4n) is 3.14. The van der Waals surface area contributed by atoms with Crippen molar-refractivity contribution in [1.29, 1.82) is 0 Å². The molecule has 0 unspecified atom stereocenters. The first-order valence-electron chi connectivity index (χ1n) is 8.13. The second-order valence-corrected chi connectivity index (χ2v) is 7.71. The Morgan fingerprint density at radius 1 is 1.12 bits per heavy atom. The van der Waals surface area contributed by atoms with Crippen LogP contribution in [-0.4, -0.2) is 35.7 Å². The lowest BCUT2D eigenvalue weighted by molar-refractivity contribution is 0.410. The van der Waals surface area contributed by atoms with Gasteiger partial charge in [-0.25, -0.2) is 8.42 Å². The molecule has 0 bridgehead atoms. The van der Waals surface area contributed by atoms with Crippen LogP contribution in [0.2, 0.25) is 0 Å². The van der Waals surface area contributed by atoms with E-state index in [-0.39, 0.29) is 4.90 Å². The number of methoxy groups -OCH3 is 1. The summed E-state index contributed by atoms with van der Waals surface area (Å²) in [5.74, 6) is 0.356. The Bertz CT molecular complexity index is 1050. The van der Waals surface area contributed by atoms with E-state index in [0.29, 0.717) is 17.1 Å². The Hall–Kier alpha value is -2.94. The second-order valence-electron chi connectivity index (χ2n) is 6.03. The van der Waals surface area contributed by atoms with Crippen LogP contribution in [0.25, 0.3) is 5.69 Å². The fraction of sp³-hybridized carbons (Fsp3) is 0.235. The van der Waals surface area contributed by atoms with Crippen molar-refractivity contribution in [2.24, 2.45) is 0 Å². The van der Waals surface area contributed by atoms with E-state index in [4.69, 9.17) is 4.74 Å². The number of sulfonamides is 1. The van der Waals surface area contributed by atoms with Crippen molar-refractivity contribution >= 4 is 15.7 Å². The third kappa shape index (κ3) is 3.01. The molecule has 0 fully saturated rings. The fourth-order valence-corrected chi connectivity index (χ4v) is 4.20. The molecule has 8 nitrogen and oxygen atoms in total. The number of nitrogens with one attached hydrogen (secondary N) is 1. The van der Waals surface area contributed by atoms with Crippen molar-refractivity contribution in [2.45, 2.75) is 24.2 Å². The molecule has 1 aliphatic carbocycles. The summed E-state index contributed by atoms with van der Waals surface area (Å²) >= 11 is 0. The van der Waals surface area contributed by atoms with Gasteiger partial charge >= 0.3 is 0 Å². The molecule has 2 aromatic carbocycles. The molecule has 9 heteroatoms. The molecule has 134 valence electrons. The Kier molecular flexibility index (Phi) is 4.08. The van der Waals surface area contributed by atoms with Crippen LogP contribution in [0.15, 0.2) is 47.6 Å². The minimum absolute atomic E-state index is 0.103. The van der Waals surface area contributed by atoms with Crippen molar-refractivity contribution < 1.29 is 13.2 Å². The van der Waals surface area contributed by atoms with Crippen molar-refractivity contribution in [3.8, 4) is 11.4 Å². The summed E-state index contributed by atoms with van der Waals surface area (Å²) < 4.78 is 34.9. The zero-order valence-electron chi connectivity index (χ0n) is 14.1. The summed E-state index contributed by atoms with van der Waals surface area (Å²) in [5.41, 5.74) is 3.61. The first-order valence-corrected chi connectivity index (χ1v) is 9.61. The number of benzene rings is 2. The number of ether oxygens (including phenoxy) is 1. The zero-order chi connectivity index (χ0) is 18.1. The Morgan fingerprint density at radius 3 is 2.73 bits per heavy atom. The van der Waals surface area contributed by atoms with Crippen molar-refractivity contribution in [2.75, 3.05) is 11.8 Å². The Balaban J connectivity index is 1.65. The number of fused-ring (bicyclic) bond motifs is 1. The summed E-state index contributed by atoms with van der Waals surface area (Å²) in [4.78, 5) is 0.103. The molecule has 1 N–H and O–H groups in total. The minimum atomic E-state index is -3.74. The quantitative estimate of drug-likeness (QED) is 0.736. The number of anilines is 1. The van der Waals surface area contributed by atoms with E-state index in [1.54, 1.807) is 12.1 Å². The van der Waals surface area contributed by atoms with E-state index >= 15 is 0 Å². The zero-order valence-corrected chi connectivity index (χ0v) is 14.9. The van der Waals surface area contributed by atoms with Crippen LogP contribution < -0.4 is 9.46 Å². The summed E-state index contributed by atoms with van der Waals surface area (Å²) in [6.45, 7) is 0. The van der Waals surface area contributed by atoms with Gasteiger partial charge in [-0.15, -0.1) is 5.10 Å². The lowest BCUT2D eigenvalue weighted by Gasteiger charge is -2.12. The van der Waals surface area contributed by atoms with Gasteiger partial charge in [0.1, 0.15) is 17.8 Å². The molecule has 0 aliphatic heterocycles. The van der Waals surface area contributed by atoms with Crippen molar-refractivity contribution in [3.63, 3.8) is 0 Å². The van der Waals surface area contributed by atoms with Gasteiger partial charge in [0, 0.05) is 11.8 Å². The molecular weight excluding hydrogens is 354 g/mol. The highest BCUT2D eigenvalue weighted by Gasteiger charge is 2.19. The van der Waals surface area contributed by atoms with Crippen molar-refractivity contribution in [3.05, 3.63) is 53.9 Å². The molecule has 26 heavy (non-hydrogen) atoms. The third-order valence-electron chi connectivity index (χ3n) is 4.41. The van der Waals surface area contributed by atoms with Crippen LogP contribution in [-0.2, 0) is 22.9 Å². The van der Waals surface area contributed by atoms with E-state index < -0.39 is 10.0 Å². The highest BCUT2D eigenvalue weighted by Crippen LogP contribution is 2.29. The van der Waals surface area contributed by atoms with Crippen LogP contribution in [0.3, 0.4) is 0 Å². The monoisotopic (exact) mass is 371 g/mol. The highest BCUT2D eigenvalue weighted by molar-refractivity contribution is 7.92. The highest BCUT2D eigenvalue weighted by atomic mass is 32.2. The lowest BCUT2D eigenvalue weighted by atomic mass is 10.1. The molecular formula is C17H17N5O3S. The van der Waals surface area contributed by atoms with Gasteiger partial charge in [-0.2, -0.15) is 4.68 Å². The average molecular weight is 371 g/mol. The van der Waals surface area contributed by atoms with Crippen LogP contribution in [0.5, 0.6) is 5.75 Å². The minimum Gasteiger partial charge on any atom is -0.494 e. The summed E-state index contributed by atoms with van der Waals surface area (Å²) in [7, 11) is -2.27. The predicted octanol–water partition coefficient (Wildman–Crippen LogP) is 1.96. The number of aromatic nitrogens is 4. The Labute approximate surface area is 150 Å². The van der Waals surface area contributed by atoms with Crippen LogP contribution in [0.1, 0.15) is 17.5 Å². The largest absolute Gasteiger partial charge is 0.494 e. The lowest BCUT2D eigenvalue weighted by Crippen LogP contribution is -2.13. The summed E-state index contributed by atoms with van der Waals surface area (Å²) in [6.07, 6.45) is 4.56. The number of tetrazole rings is 1. The Morgan fingerprint density at radius 2 is 1.96 bits per heavy atom. The molecule has 0 radical (unpaired) electrons. The molecule has 4 rings (SSSR count). The van der Waals surface area contributed by atoms with Gasteiger partial charge in [0.25, 0.3) is 10.0 Å². The number of aryl methyl sites for hydroxylation is 2.